The lowest BCUT2D eigenvalue weighted by Gasteiger charge is -2.18. The number of thiophene rings is 1. The van der Waals surface area contributed by atoms with E-state index in [1.807, 2.05) is 17.5 Å². The van der Waals surface area contributed by atoms with Crippen LogP contribution in [0.5, 0.6) is 0 Å². The van der Waals surface area contributed by atoms with Gasteiger partial charge in [0.2, 0.25) is 0 Å². The highest BCUT2D eigenvalue weighted by Gasteiger charge is 2.19. The number of hydrogen-bond acceptors (Lipinski definition) is 2. The van der Waals surface area contributed by atoms with Crippen molar-refractivity contribution in [2.24, 2.45) is 0 Å². The summed E-state index contributed by atoms with van der Waals surface area (Å²) in [5, 5.41) is 1.46. The molecule has 1 nitrogen and oxygen atoms in total. The molecule has 0 radical (unpaired) electrons. The Morgan fingerprint density at radius 2 is 1.83 bits per heavy atom. The highest BCUT2D eigenvalue weighted by Crippen LogP contribution is 2.41. The molecule has 0 amide bonds. The first-order valence-electron chi connectivity index (χ1n) is 8.54. The summed E-state index contributed by atoms with van der Waals surface area (Å²) in [6.07, 6.45) is 7.22. The third-order valence-electron chi connectivity index (χ3n) is 4.89. The number of aryl methyl sites for hydroxylation is 2. The van der Waals surface area contributed by atoms with Crippen molar-refractivity contribution in [3.8, 4) is 11.3 Å². The van der Waals surface area contributed by atoms with Crippen molar-refractivity contribution < 1.29 is 0 Å². The number of pyridine rings is 1. The lowest BCUT2D eigenvalue weighted by molar-refractivity contribution is 0.587. The first kappa shape index (κ1) is 14.9. The minimum atomic E-state index is 0.152. The molecule has 0 fully saturated rings. The molecule has 0 N–H and O–H groups in total. The monoisotopic (exact) mass is 321 g/mol. The average molecular weight is 321 g/mol. The molecule has 0 spiro atoms. The molecule has 0 unspecified atom stereocenters. The van der Waals surface area contributed by atoms with Crippen LogP contribution in [0, 0.1) is 0 Å². The smallest absolute Gasteiger partial charge is 0.0716 e. The normalized spacial score (nSPS) is 14.9. The van der Waals surface area contributed by atoms with Gasteiger partial charge in [0.05, 0.1) is 5.69 Å². The summed E-state index contributed by atoms with van der Waals surface area (Å²) in [5.41, 5.74) is 5.44. The van der Waals surface area contributed by atoms with Gasteiger partial charge < -0.3 is 0 Å². The van der Waals surface area contributed by atoms with Crippen LogP contribution in [0.3, 0.4) is 0 Å². The summed E-state index contributed by atoms with van der Waals surface area (Å²) < 4.78 is 1.43. The van der Waals surface area contributed by atoms with Crippen LogP contribution in [0.4, 0.5) is 0 Å². The van der Waals surface area contributed by atoms with Gasteiger partial charge in [0.25, 0.3) is 0 Å². The summed E-state index contributed by atoms with van der Waals surface area (Å²) in [4.78, 5) is 6.38. The van der Waals surface area contributed by atoms with Crippen molar-refractivity contribution in [2.45, 2.75) is 51.9 Å². The number of aromatic nitrogens is 1. The van der Waals surface area contributed by atoms with Crippen molar-refractivity contribution in [1.82, 2.24) is 4.98 Å². The Hall–Kier alpha value is -1.67. The molecule has 0 aliphatic heterocycles. The van der Waals surface area contributed by atoms with Crippen molar-refractivity contribution >= 4 is 21.4 Å². The van der Waals surface area contributed by atoms with Gasteiger partial charge in [-0.05, 0) is 53.7 Å². The van der Waals surface area contributed by atoms with Gasteiger partial charge in [-0.2, -0.15) is 0 Å². The van der Waals surface area contributed by atoms with Crippen LogP contribution < -0.4 is 0 Å². The number of rotatable bonds is 1. The maximum atomic E-state index is 4.78. The first-order chi connectivity index (χ1) is 11.0. The predicted molar refractivity (Wildman–Crippen MR) is 100 cm³/mol. The zero-order chi connectivity index (χ0) is 16.0. The van der Waals surface area contributed by atoms with E-state index in [-0.39, 0.29) is 5.41 Å². The van der Waals surface area contributed by atoms with Crippen LogP contribution in [0.1, 0.15) is 49.6 Å². The first-order valence-corrected chi connectivity index (χ1v) is 9.36. The largest absolute Gasteiger partial charge is 0.256 e. The minimum absolute atomic E-state index is 0.152. The van der Waals surface area contributed by atoms with Gasteiger partial charge in [0.1, 0.15) is 0 Å². The number of fused-ring (bicyclic) bond motifs is 3. The quantitative estimate of drug-likeness (QED) is 0.524. The fourth-order valence-corrected chi connectivity index (χ4v) is 4.89. The Balaban J connectivity index is 1.84. The molecule has 0 bridgehead atoms. The molecule has 2 heteroatoms. The molecule has 1 aliphatic carbocycles. The van der Waals surface area contributed by atoms with Crippen LogP contribution in [-0.2, 0) is 18.3 Å². The average Bonchev–Trinajstić information content (AvgIpc) is 2.93. The zero-order valence-electron chi connectivity index (χ0n) is 14.1. The summed E-state index contributed by atoms with van der Waals surface area (Å²) in [5.74, 6) is 0. The van der Waals surface area contributed by atoms with Crippen LogP contribution in [-0.4, -0.2) is 4.98 Å². The van der Waals surface area contributed by atoms with Gasteiger partial charge in [-0.1, -0.05) is 45.0 Å². The molecule has 2 aromatic heterocycles. The summed E-state index contributed by atoms with van der Waals surface area (Å²) in [6.45, 7) is 6.70. The third-order valence-corrected chi connectivity index (χ3v) is 6.23. The minimum Gasteiger partial charge on any atom is -0.256 e. The Morgan fingerprint density at radius 1 is 1.00 bits per heavy atom. The second kappa shape index (κ2) is 5.45. The van der Waals surface area contributed by atoms with Gasteiger partial charge in [0.15, 0.2) is 0 Å². The lowest BCUT2D eigenvalue weighted by atomic mass is 9.88. The summed E-state index contributed by atoms with van der Waals surface area (Å²) in [6, 6.07) is 11.1. The van der Waals surface area contributed by atoms with Gasteiger partial charge in [-0.25, -0.2) is 0 Å². The highest BCUT2D eigenvalue weighted by atomic mass is 32.1. The number of hydrogen-bond donors (Lipinski definition) is 0. The van der Waals surface area contributed by atoms with Crippen molar-refractivity contribution in [2.75, 3.05) is 0 Å². The number of nitrogens with zero attached hydrogens (tertiary/aromatic N) is 1. The molecule has 0 saturated heterocycles. The second-order valence-corrected chi connectivity index (χ2v) is 8.68. The molecule has 4 rings (SSSR count). The fraction of sp³-hybridized carbons (Fsp3) is 0.381. The molecule has 118 valence electrons. The summed E-state index contributed by atoms with van der Waals surface area (Å²) in [7, 11) is 0. The van der Waals surface area contributed by atoms with Crippen LogP contribution >= 0.6 is 11.3 Å². The van der Waals surface area contributed by atoms with Crippen LogP contribution in [0.15, 0.2) is 36.5 Å². The van der Waals surface area contributed by atoms with E-state index in [0.29, 0.717) is 0 Å². The lowest BCUT2D eigenvalue weighted by Crippen LogP contribution is -2.11. The van der Waals surface area contributed by atoms with Gasteiger partial charge in [-0.15, -0.1) is 11.3 Å². The van der Waals surface area contributed by atoms with E-state index >= 15 is 0 Å². The fourth-order valence-electron chi connectivity index (χ4n) is 3.48. The SMILES string of the molecule is CC(C)(C)c1ccc(-c2cccc3c4c(sc23)CCCC4)nc1. The van der Waals surface area contributed by atoms with Gasteiger partial charge in [-0.3, -0.25) is 4.98 Å². The summed E-state index contributed by atoms with van der Waals surface area (Å²) >= 11 is 1.99. The Bertz CT molecular complexity index is 850. The standard InChI is InChI=1S/C21H23NS/c1-21(2,3)14-11-12-18(22-13-14)17-9-6-8-16-15-7-4-5-10-19(15)23-20(16)17/h6,8-9,11-13H,4-5,7,10H2,1-3H3. The van der Waals surface area contributed by atoms with E-state index in [2.05, 4.69) is 51.1 Å². The molecule has 0 saturated carbocycles. The molecular weight excluding hydrogens is 298 g/mol. The maximum Gasteiger partial charge on any atom is 0.0716 e. The van der Waals surface area contributed by atoms with Crippen molar-refractivity contribution in [3.63, 3.8) is 0 Å². The third kappa shape index (κ3) is 2.59. The van der Waals surface area contributed by atoms with E-state index in [0.717, 1.165) is 5.69 Å². The molecule has 23 heavy (non-hydrogen) atoms. The van der Waals surface area contributed by atoms with Gasteiger partial charge in [0, 0.05) is 21.3 Å². The van der Waals surface area contributed by atoms with E-state index < -0.39 is 0 Å². The van der Waals surface area contributed by atoms with Crippen molar-refractivity contribution in [3.05, 3.63) is 52.5 Å². The predicted octanol–water partition coefficient (Wildman–Crippen LogP) is 6.14. The van der Waals surface area contributed by atoms with E-state index in [1.54, 1.807) is 10.4 Å². The Kier molecular flexibility index (Phi) is 3.53. The Labute approximate surface area is 142 Å². The van der Waals surface area contributed by atoms with Crippen LogP contribution in [0.25, 0.3) is 21.3 Å². The zero-order valence-corrected chi connectivity index (χ0v) is 15.0. The van der Waals surface area contributed by atoms with Crippen molar-refractivity contribution in [1.29, 1.82) is 0 Å². The maximum absolute atomic E-state index is 4.78. The Morgan fingerprint density at radius 3 is 2.57 bits per heavy atom. The van der Waals surface area contributed by atoms with E-state index in [4.69, 9.17) is 4.98 Å². The van der Waals surface area contributed by atoms with E-state index in [9.17, 15) is 0 Å². The van der Waals surface area contributed by atoms with Gasteiger partial charge >= 0.3 is 0 Å². The van der Waals surface area contributed by atoms with Crippen LogP contribution in [0.2, 0.25) is 0 Å². The molecule has 0 atom stereocenters. The topological polar surface area (TPSA) is 12.9 Å². The molecule has 2 heterocycles. The second-order valence-electron chi connectivity index (χ2n) is 7.58. The number of benzene rings is 1. The van der Waals surface area contributed by atoms with E-state index in [1.165, 1.54) is 46.9 Å². The molecule has 1 aliphatic rings. The highest BCUT2D eigenvalue weighted by molar-refractivity contribution is 7.19. The molecule has 1 aromatic carbocycles. The molecular formula is C21H23NS. The molecule has 3 aromatic rings.